The maximum atomic E-state index is 12.2. The molecule has 0 aliphatic rings. The molecular formula is C26H18BrN5O4. The second-order valence-electron chi connectivity index (χ2n) is 7.60. The highest BCUT2D eigenvalue weighted by molar-refractivity contribution is 9.10. The van der Waals surface area contributed by atoms with Crippen molar-refractivity contribution in [2.24, 2.45) is 0 Å². The van der Waals surface area contributed by atoms with Gasteiger partial charge in [0.05, 0.1) is 10.6 Å². The van der Waals surface area contributed by atoms with E-state index in [-0.39, 0.29) is 23.7 Å². The molecular weight excluding hydrogens is 526 g/mol. The number of non-ortho nitro benzene ring substituents is 1. The minimum atomic E-state index is -0.538. The van der Waals surface area contributed by atoms with E-state index in [1.807, 2.05) is 24.3 Å². The van der Waals surface area contributed by atoms with Crippen LogP contribution in [0.25, 0.3) is 22.4 Å². The number of hydrogen-bond acceptors (Lipinski definition) is 7. The highest BCUT2D eigenvalue weighted by atomic mass is 79.9. The Kier molecular flexibility index (Phi) is 7.23. The van der Waals surface area contributed by atoms with Gasteiger partial charge in [0, 0.05) is 33.4 Å². The SMILES string of the molecule is N#Cc1c(-c2ccc(OCC(=O)Nc3cccc([N+](=O)[O-])c3)cc2)cc(-c2ccc(Br)cc2)nc1N. The van der Waals surface area contributed by atoms with E-state index < -0.39 is 10.8 Å². The Labute approximate surface area is 214 Å². The minimum absolute atomic E-state index is 0.124. The summed E-state index contributed by atoms with van der Waals surface area (Å²) in [5.41, 5.74) is 9.36. The fourth-order valence-electron chi connectivity index (χ4n) is 3.45. The smallest absolute Gasteiger partial charge is 0.271 e. The number of carbonyl (C=O) groups is 1. The third-order valence-electron chi connectivity index (χ3n) is 5.18. The van der Waals surface area contributed by atoms with E-state index in [9.17, 15) is 20.2 Å². The van der Waals surface area contributed by atoms with Crippen LogP contribution in [0.2, 0.25) is 0 Å². The largest absolute Gasteiger partial charge is 0.484 e. The zero-order valence-electron chi connectivity index (χ0n) is 18.6. The van der Waals surface area contributed by atoms with Crippen molar-refractivity contribution in [3.05, 3.63) is 99.0 Å². The van der Waals surface area contributed by atoms with Crippen molar-refractivity contribution in [3.63, 3.8) is 0 Å². The van der Waals surface area contributed by atoms with Gasteiger partial charge in [0.25, 0.3) is 11.6 Å². The van der Waals surface area contributed by atoms with Crippen LogP contribution >= 0.6 is 15.9 Å². The van der Waals surface area contributed by atoms with Crippen LogP contribution in [-0.4, -0.2) is 22.4 Å². The van der Waals surface area contributed by atoms with Gasteiger partial charge in [-0.05, 0) is 42.0 Å². The number of anilines is 2. The number of rotatable bonds is 7. The summed E-state index contributed by atoms with van der Waals surface area (Å²) in [6, 6.07) is 24.0. The number of hydrogen-bond donors (Lipinski definition) is 2. The summed E-state index contributed by atoms with van der Waals surface area (Å²) in [5, 5.41) is 23.1. The average Bonchev–Trinajstić information content (AvgIpc) is 2.88. The molecule has 0 radical (unpaired) electrons. The van der Waals surface area contributed by atoms with E-state index in [2.05, 4.69) is 32.3 Å². The van der Waals surface area contributed by atoms with Gasteiger partial charge in [0.2, 0.25) is 0 Å². The number of halogens is 1. The van der Waals surface area contributed by atoms with E-state index in [4.69, 9.17) is 10.5 Å². The quantitative estimate of drug-likeness (QED) is 0.229. The number of nitrogens with one attached hydrogen (secondary N) is 1. The Balaban J connectivity index is 1.49. The second kappa shape index (κ2) is 10.7. The maximum absolute atomic E-state index is 12.2. The Hall–Kier alpha value is -4.75. The zero-order valence-corrected chi connectivity index (χ0v) is 20.2. The molecule has 1 heterocycles. The first-order chi connectivity index (χ1) is 17.3. The van der Waals surface area contributed by atoms with Crippen molar-refractivity contribution < 1.29 is 14.5 Å². The maximum Gasteiger partial charge on any atom is 0.271 e. The van der Waals surface area contributed by atoms with Gasteiger partial charge in [-0.3, -0.25) is 14.9 Å². The zero-order chi connectivity index (χ0) is 25.7. The molecule has 0 saturated heterocycles. The number of carbonyl (C=O) groups excluding carboxylic acids is 1. The summed E-state index contributed by atoms with van der Waals surface area (Å²) in [6.45, 7) is -0.290. The van der Waals surface area contributed by atoms with Gasteiger partial charge in [-0.2, -0.15) is 5.26 Å². The summed E-state index contributed by atoms with van der Waals surface area (Å²) in [5.74, 6) is 0.0973. The number of aromatic nitrogens is 1. The second-order valence-corrected chi connectivity index (χ2v) is 8.52. The first-order valence-corrected chi connectivity index (χ1v) is 11.4. The number of nitrogens with zero attached hydrogens (tertiary/aromatic N) is 3. The fraction of sp³-hybridized carbons (Fsp3) is 0.0385. The van der Waals surface area contributed by atoms with Crippen molar-refractivity contribution >= 4 is 39.0 Å². The summed E-state index contributed by atoms with van der Waals surface area (Å²) < 4.78 is 6.47. The third-order valence-corrected chi connectivity index (χ3v) is 5.70. The number of nitrogen functional groups attached to an aromatic ring is 1. The first-order valence-electron chi connectivity index (χ1n) is 10.6. The average molecular weight is 544 g/mol. The minimum Gasteiger partial charge on any atom is -0.484 e. The molecule has 4 rings (SSSR count). The number of benzene rings is 3. The summed E-state index contributed by atoms with van der Waals surface area (Å²) in [6.07, 6.45) is 0. The molecule has 4 aromatic rings. The molecule has 0 aliphatic heterocycles. The Morgan fingerprint density at radius 3 is 2.44 bits per heavy atom. The van der Waals surface area contributed by atoms with Crippen LogP contribution in [0.5, 0.6) is 5.75 Å². The van der Waals surface area contributed by atoms with Crippen molar-refractivity contribution in [3.8, 4) is 34.2 Å². The Morgan fingerprint density at radius 2 is 1.78 bits per heavy atom. The topological polar surface area (TPSA) is 144 Å². The molecule has 0 spiro atoms. The first kappa shape index (κ1) is 24.4. The van der Waals surface area contributed by atoms with Crippen LogP contribution in [0.1, 0.15) is 5.56 Å². The highest BCUT2D eigenvalue weighted by Gasteiger charge is 2.14. The number of nitrogens with two attached hydrogens (primary N) is 1. The van der Waals surface area contributed by atoms with Gasteiger partial charge in [-0.1, -0.05) is 46.3 Å². The van der Waals surface area contributed by atoms with E-state index >= 15 is 0 Å². The lowest BCUT2D eigenvalue weighted by molar-refractivity contribution is -0.384. The van der Waals surface area contributed by atoms with Crippen LogP contribution in [0, 0.1) is 21.4 Å². The monoisotopic (exact) mass is 543 g/mol. The van der Waals surface area contributed by atoms with Gasteiger partial charge >= 0.3 is 0 Å². The molecule has 0 bridgehead atoms. The lowest BCUT2D eigenvalue weighted by Crippen LogP contribution is -2.20. The number of ether oxygens (including phenoxy) is 1. The lowest BCUT2D eigenvalue weighted by Gasteiger charge is -2.12. The molecule has 0 unspecified atom stereocenters. The summed E-state index contributed by atoms with van der Waals surface area (Å²) in [7, 11) is 0. The normalized spacial score (nSPS) is 10.3. The summed E-state index contributed by atoms with van der Waals surface area (Å²) in [4.78, 5) is 26.9. The van der Waals surface area contributed by atoms with Gasteiger partial charge in [-0.15, -0.1) is 0 Å². The van der Waals surface area contributed by atoms with E-state index in [0.29, 0.717) is 22.7 Å². The van der Waals surface area contributed by atoms with Crippen LogP contribution in [0.15, 0.2) is 83.3 Å². The molecule has 1 amide bonds. The van der Waals surface area contributed by atoms with Crippen LogP contribution in [0.3, 0.4) is 0 Å². The molecule has 3 aromatic carbocycles. The van der Waals surface area contributed by atoms with Crippen LogP contribution in [-0.2, 0) is 4.79 Å². The predicted molar refractivity (Wildman–Crippen MR) is 139 cm³/mol. The fourth-order valence-corrected chi connectivity index (χ4v) is 3.72. The third kappa shape index (κ3) is 5.65. The molecule has 0 saturated carbocycles. The van der Waals surface area contributed by atoms with Gasteiger partial charge in [0.15, 0.2) is 6.61 Å². The number of amides is 1. The number of nitro benzene ring substituents is 1. The van der Waals surface area contributed by atoms with Crippen LogP contribution in [0.4, 0.5) is 17.2 Å². The molecule has 178 valence electrons. The molecule has 0 fully saturated rings. The number of nitro groups is 1. The van der Waals surface area contributed by atoms with Gasteiger partial charge in [0.1, 0.15) is 23.2 Å². The van der Waals surface area contributed by atoms with Crippen molar-refractivity contribution in [1.29, 1.82) is 5.26 Å². The summed E-state index contributed by atoms with van der Waals surface area (Å²) >= 11 is 3.41. The molecule has 0 atom stereocenters. The standard InChI is InChI=1S/C26H18BrN5O4/c27-18-8-4-17(5-9-18)24-13-22(23(14-28)26(29)31-24)16-6-10-21(11-7-16)36-15-25(33)30-19-2-1-3-20(12-19)32(34)35/h1-13H,15H2,(H2,29,31)(H,30,33). The predicted octanol–water partition coefficient (Wildman–Crippen LogP) is 5.56. The van der Waals surface area contributed by atoms with E-state index in [1.54, 1.807) is 36.4 Å². The highest BCUT2D eigenvalue weighted by Crippen LogP contribution is 2.32. The van der Waals surface area contributed by atoms with E-state index in [0.717, 1.165) is 15.6 Å². The van der Waals surface area contributed by atoms with Gasteiger partial charge < -0.3 is 15.8 Å². The molecule has 1 aromatic heterocycles. The Bertz CT molecular complexity index is 1480. The Morgan fingerprint density at radius 1 is 1.08 bits per heavy atom. The number of nitriles is 1. The number of pyridine rings is 1. The van der Waals surface area contributed by atoms with Crippen molar-refractivity contribution in [2.75, 3.05) is 17.7 Å². The van der Waals surface area contributed by atoms with Crippen LogP contribution < -0.4 is 15.8 Å². The van der Waals surface area contributed by atoms with E-state index in [1.165, 1.54) is 18.2 Å². The lowest BCUT2D eigenvalue weighted by atomic mass is 9.98. The molecule has 36 heavy (non-hydrogen) atoms. The molecule has 0 aliphatic carbocycles. The van der Waals surface area contributed by atoms with Gasteiger partial charge in [-0.25, -0.2) is 4.98 Å². The van der Waals surface area contributed by atoms with Crippen molar-refractivity contribution in [1.82, 2.24) is 4.98 Å². The molecule has 3 N–H and O–H groups in total. The molecule has 9 nitrogen and oxygen atoms in total. The molecule has 10 heteroatoms. The van der Waals surface area contributed by atoms with Crippen molar-refractivity contribution in [2.45, 2.75) is 0 Å².